The number of ether oxygens (including phenoxy) is 4. The van der Waals surface area contributed by atoms with Crippen molar-refractivity contribution in [1.82, 2.24) is 0 Å². The first kappa shape index (κ1) is 20.8. The number of hydrogen-bond acceptors (Lipinski definition) is 7. The van der Waals surface area contributed by atoms with E-state index in [9.17, 15) is 15.0 Å². The van der Waals surface area contributed by atoms with Crippen LogP contribution in [-0.2, 0) is 23.7 Å². The zero-order chi connectivity index (χ0) is 21.6. The minimum Gasteiger partial charge on any atom is -0.396 e. The predicted octanol–water partition coefficient (Wildman–Crippen LogP) is 2.15. The zero-order valence-corrected chi connectivity index (χ0v) is 18.5. The van der Waals surface area contributed by atoms with E-state index in [2.05, 4.69) is 13.8 Å². The molecular weight excluding hydrogens is 400 g/mol. The molecule has 1 unspecified atom stereocenters. The van der Waals surface area contributed by atoms with Crippen LogP contribution in [0.5, 0.6) is 0 Å². The van der Waals surface area contributed by atoms with Crippen LogP contribution in [0, 0.1) is 34.5 Å². The topological polar surface area (TPSA) is 94.5 Å². The molecule has 0 aromatic heterocycles. The van der Waals surface area contributed by atoms with Gasteiger partial charge in [0.1, 0.15) is 12.2 Å². The van der Waals surface area contributed by atoms with Crippen molar-refractivity contribution < 1.29 is 34.0 Å². The van der Waals surface area contributed by atoms with Crippen molar-refractivity contribution in [3.63, 3.8) is 0 Å². The summed E-state index contributed by atoms with van der Waals surface area (Å²) in [4.78, 5) is 12.2. The second-order valence-electron chi connectivity index (χ2n) is 11.2. The number of carbonyl (C=O) groups excluding carboxylic acids is 1. The number of hydrogen-bond donors (Lipinski definition) is 2. The number of aliphatic hydroxyl groups excluding tert-OH is 2. The van der Waals surface area contributed by atoms with Gasteiger partial charge in [-0.2, -0.15) is 0 Å². The molecule has 7 nitrogen and oxygen atoms in total. The lowest BCUT2D eigenvalue weighted by atomic mass is 9.43. The molecule has 2 aliphatic heterocycles. The van der Waals surface area contributed by atoms with Crippen LogP contribution in [0.15, 0.2) is 11.6 Å². The van der Waals surface area contributed by atoms with Gasteiger partial charge in [-0.1, -0.05) is 19.4 Å². The summed E-state index contributed by atoms with van der Waals surface area (Å²) in [6, 6.07) is 0. The summed E-state index contributed by atoms with van der Waals surface area (Å²) in [5, 5.41) is 21.9. The third-order valence-corrected chi connectivity index (χ3v) is 10.3. The van der Waals surface area contributed by atoms with Gasteiger partial charge in [-0.25, -0.2) is 0 Å². The van der Waals surface area contributed by atoms with Crippen molar-refractivity contribution in [1.29, 1.82) is 0 Å². The first-order valence-corrected chi connectivity index (χ1v) is 11.8. The normalized spacial score (nSPS) is 55.9. The van der Waals surface area contributed by atoms with Crippen LogP contribution in [-0.4, -0.2) is 60.3 Å². The predicted molar refractivity (Wildman–Crippen MR) is 108 cm³/mol. The lowest BCUT2D eigenvalue weighted by Gasteiger charge is -2.62. The van der Waals surface area contributed by atoms with E-state index in [0.29, 0.717) is 25.4 Å². The van der Waals surface area contributed by atoms with Gasteiger partial charge in [-0.05, 0) is 61.3 Å². The fourth-order valence-electron chi connectivity index (χ4n) is 9.06. The average Bonchev–Trinajstić information content (AvgIpc) is 3.43. The monoisotopic (exact) mass is 434 g/mol. The molecule has 3 saturated carbocycles. The number of ketones is 1. The Morgan fingerprint density at radius 2 is 1.97 bits per heavy atom. The van der Waals surface area contributed by atoms with Gasteiger partial charge in [0.2, 0.25) is 5.79 Å². The van der Waals surface area contributed by atoms with Gasteiger partial charge in [0.15, 0.2) is 19.4 Å². The summed E-state index contributed by atoms with van der Waals surface area (Å²) < 4.78 is 24.1. The quantitative estimate of drug-likeness (QED) is 0.653. The molecule has 5 fully saturated rings. The molecule has 0 amide bonds. The molecule has 0 aromatic carbocycles. The molecule has 2 N–H and O–H groups in total. The van der Waals surface area contributed by atoms with Crippen molar-refractivity contribution >= 4 is 5.78 Å². The summed E-state index contributed by atoms with van der Waals surface area (Å²) >= 11 is 0. The summed E-state index contributed by atoms with van der Waals surface area (Å²) in [6.07, 6.45) is 5.75. The van der Waals surface area contributed by atoms with Gasteiger partial charge in [0.25, 0.3) is 0 Å². The van der Waals surface area contributed by atoms with Crippen molar-refractivity contribution in [3.8, 4) is 0 Å². The van der Waals surface area contributed by atoms with Crippen LogP contribution in [0.25, 0.3) is 0 Å². The molecule has 0 radical (unpaired) electrons. The van der Waals surface area contributed by atoms with E-state index in [1.165, 1.54) is 0 Å². The molecule has 172 valence electrons. The maximum Gasteiger partial charge on any atom is 0.226 e. The number of rotatable bonds is 1. The van der Waals surface area contributed by atoms with E-state index in [4.69, 9.17) is 18.9 Å². The van der Waals surface area contributed by atoms with E-state index in [1.54, 1.807) is 6.08 Å². The highest BCUT2D eigenvalue weighted by Gasteiger charge is 2.77. The Balaban J connectivity index is 1.43. The van der Waals surface area contributed by atoms with E-state index >= 15 is 0 Å². The zero-order valence-electron chi connectivity index (χ0n) is 18.5. The molecule has 2 heterocycles. The van der Waals surface area contributed by atoms with Gasteiger partial charge >= 0.3 is 0 Å². The molecule has 9 atom stereocenters. The third kappa shape index (κ3) is 2.38. The molecule has 6 aliphatic rings. The van der Waals surface area contributed by atoms with E-state index in [0.717, 1.165) is 31.3 Å². The Morgan fingerprint density at radius 3 is 2.71 bits per heavy atom. The smallest absolute Gasteiger partial charge is 0.226 e. The van der Waals surface area contributed by atoms with Gasteiger partial charge in [0.05, 0.1) is 6.10 Å². The maximum absolute atomic E-state index is 12.2. The molecule has 2 spiro atoms. The van der Waals surface area contributed by atoms with Crippen LogP contribution >= 0.6 is 0 Å². The first-order valence-electron chi connectivity index (χ1n) is 11.8. The highest BCUT2D eigenvalue weighted by molar-refractivity contribution is 5.91. The molecule has 6 rings (SSSR count). The van der Waals surface area contributed by atoms with Gasteiger partial charge in [0, 0.05) is 24.4 Å². The Bertz CT molecular complexity index is 813. The fraction of sp³-hybridized carbons (Fsp3) is 0.875. The second-order valence-corrected chi connectivity index (χ2v) is 11.2. The fourth-order valence-corrected chi connectivity index (χ4v) is 9.06. The number of aliphatic hydroxyl groups is 2. The largest absolute Gasteiger partial charge is 0.396 e. The van der Waals surface area contributed by atoms with E-state index in [-0.39, 0.29) is 54.6 Å². The van der Waals surface area contributed by atoms with Crippen molar-refractivity contribution in [3.05, 3.63) is 11.6 Å². The minimum atomic E-state index is -0.902. The lowest BCUT2D eigenvalue weighted by molar-refractivity contribution is -0.258. The summed E-state index contributed by atoms with van der Waals surface area (Å²) in [6.45, 7) is 5.24. The molecular formula is C24H34O7. The van der Waals surface area contributed by atoms with Gasteiger partial charge in [-0.15, -0.1) is 0 Å². The maximum atomic E-state index is 12.2. The Hall–Kier alpha value is -0.830. The molecule has 2 saturated heterocycles. The molecule has 31 heavy (non-hydrogen) atoms. The lowest BCUT2D eigenvalue weighted by Crippen LogP contribution is -2.66. The standard InChI is InChI=1S/C24H34O7/c1-21-5-3-15(26)8-18(21)14(10-25)7-16-17-4-6-23(22(17,2)9-19(27)20(16)21)24(31-13-29-23)11-28-12-30-24/h8,14,16-17,19-20,25,27H,3-7,9-13H2,1-2H3/t14-,16+,17+,19+,20-,21+,22+,23-,24?/m1/s1. The van der Waals surface area contributed by atoms with Crippen molar-refractivity contribution in [2.75, 3.05) is 26.8 Å². The van der Waals surface area contributed by atoms with Crippen LogP contribution in [0.2, 0.25) is 0 Å². The third-order valence-electron chi connectivity index (χ3n) is 10.3. The SMILES string of the molecule is C[C@]12CCC(=O)C=C1[C@@H](CO)C[C@@H]1[C@@H]2[C@@H](O)C[C@@]2(C)[C@H]1CC[C@@]21OCOC12COCO2. The van der Waals surface area contributed by atoms with Crippen LogP contribution in [0.3, 0.4) is 0 Å². The molecule has 0 aromatic rings. The Morgan fingerprint density at radius 1 is 1.16 bits per heavy atom. The second kappa shape index (κ2) is 6.61. The summed E-state index contributed by atoms with van der Waals surface area (Å²) in [5.74, 6) is -0.112. The highest BCUT2D eigenvalue weighted by atomic mass is 16.9. The van der Waals surface area contributed by atoms with E-state index < -0.39 is 17.5 Å². The Labute approximate surface area is 183 Å². The molecule has 4 aliphatic carbocycles. The first-order chi connectivity index (χ1) is 14.8. The minimum absolute atomic E-state index is 0.0256. The van der Waals surface area contributed by atoms with Gasteiger partial charge in [-0.3, -0.25) is 4.79 Å². The van der Waals surface area contributed by atoms with E-state index in [1.807, 2.05) is 0 Å². The summed E-state index contributed by atoms with van der Waals surface area (Å²) in [5.41, 5.74) is -0.146. The van der Waals surface area contributed by atoms with Crippen molar-refractivity contribution in [2.45, 2.75) is 69.9 Å². The Kier molecular flexibility index (Phi) is 4.43. The summed E-state index contributed by atoms with van der Waals surface area (Å²) in [7, 11) is 0. The number of carbonyl (C=O) groups is 1. The van der Waals surface area contributed by atoms with Crippen LogP contribution in [0.1, 0.15) is 52.4 Å². The van der Waals surface area contributed by atoms with Crippen LogP contribution < -0.4 is 0 Å². The van der Waals surface area contributed by atoms with Crippen LogP contribution in [0.4, 0.5) is 0 Å². The average molecular weight is 435 g/mol. The highest BCUT2D eigenvalue weighted by Crippen LogP contribution is 2.72. The molecule has 7 heteroatoms. The number of fused-ring (bicyclic) bond motifs is 7. The van der Waals surface area contributed by atoms with Gasteiger partial charge < -0.3 is 29.2 Å². The molecule has 0 bridgehead atoms. The van der Waals surface area contributed by atoms with Crippen molar-refractivity contribution in [2.24, 2.45) is 34.5 Å².